The molecule has 1 aromatic heterocycles. The van der Waals surface area contributed by atoms with E-state index in [1.165, 1.54) is 6.07 Å². The third kappa shape index (κ3) is 2.44. The molecule has 1 N–H and O–H groups in total. The Bertz CT molecular complexity index is 583. The van der Waals surface area contributed by atoms with Gasteiger partial charge in [0.05, 0.1) is 5.52 Å². The van der Waals surface area contributed by atoms with E-state index in [4.69, 9.17) is 4.55 Å². The molecule has 0 amide bonds. The van der Waals surface area contributed by atoms with Crippen LogP contribution in [0.15, 0.2) is 41.4 Å². The molecule has 0 saturated carbocycles. The molecule has 15 heavy (non-hydrogen) atoms. The maximum atomic E-state index is 10.8. The van der Waals surface area contributed by atoms with Crippen molar-refractivity contribution < 1.29 is 13.0 Å². The molecule has 0 unspecified atom stereocenters. The Morgan fingerprint density at radius 3 is 2.53 bits per heavy atom. The fraction of sp³-hybridized carbons (Fsp3) is 0. The Morgan fingerprint density at radius 1 is 1.20 bits per heavy atom. The fourth-order valence-corrected chi connectivity index (χ4v) is 1.65. The summed E-state index contributed by atoms with van der Waals surface area (Å²) in [6, 6.07) is 8.47. The lowest BCUT2D eigenvalue weighted by Crippen LogP contribution is -1.98. The van der Waals surface area contributed by atoms with Gasteiger partial charge in [0, 0.05) is 11.6 Å². The number of halogens is 1. The second-order valence-electron chi connectivity index (χ2n) is 2.84. The Balaban J connectivity index is 0.00000112. The number of fused-ring (bicyclic) bond motifs is 1. The minimum absolute atomic E-state index is 0. The second kappa shape index (κ2) is 4.14. The summed E-state index contributed by atoms with van der Waals surface area (Å²) < 4.78 is 30.4. The Morgan fingerprint density at radius 2 is 1.87 bits per heavy atom. The number of para-hydroxylation sites is 1. The first kappa shape index (κ1) is 11.9. The van der Waals surface area contributed by atoms with Crippen molar-refractivity contribution >= 4 is 33.4 Å². The summed E-state index contributed by atoms with van der Waals surface area (Å²) in [7, 11) is -4.16. The van der Waals surface area contributed by atoms with Crippen LogP contribution in [0, 0.1) is 0 Å². The van der Waals surface area contributed by atoms with Gasteiger partial charge in [0.1, 0.15) is 4.90 Å². The van der Waals surface area contributed by atoms with Crippen LogP contribution in [0.25, 0.3) is 10.9 Å². The molecule has 0 saturated heterocycles. The van der Waals surface area contributed by atoms with Crippen LogP contribution in [0.2, 0.25) is 0 Å². The number of hydrogen-bond acceptors (Lipinski definition) is 3. The average molecular weight is 246 g/mol. The number of rotatable bonds is 1. The number of aromatic nitrogens is 1. The van der Waals surface area contributed by atoms with Crippen molar-refractivity contribution in [1.82, 2.24) is 4.98 Å². The minimum atomic E-state index is -4.16. The Labute approximate surface area is 93.1 Å². The Hall–Kier alpha value is -1.17. The lowest BCUT2D eigenvalue weighted by molar-refractivity contribution is 0.483. The van der Waals surface area contributed by atoms with Gasteiger partial charge in [0.25, 0.3) is 10.1 Å². The van der Waals surface area contributed by atoms with E-state index in [2.05, 4.69) is 4.98 Å². The molecular formula is C9H8ClNO3S. The first-order chi connectivity index (χ1) is 6.57. The van der Waals surface area contributed by atoms with E-state index in [0.29, 0.717) is 10.9 Å². The van der Waals surface area contributed by atoms with Crippen molar-refractivity contribution in [3.8, 4) is 0 Å². The molecule has 0 aliphatic rings. The van der Waals surface area contributed by atoms with Gasteiger partial charge in [-0.2, -0.15) is 8.42 Å². The topological polar surface area (TPSA) is 67.3 Å². The van der Waals surface area contributed by atoms with Crippen molar-refractivity contribution in [3.05, 3.63) is 36.5 Å². The van der Waals surface area contributed by atoms with Crippen LogP contribution >= 0.6 is 12.4 Å². The minimum Gasteiger partial charge on any atom is -0.282 e. The summed E-state index contributed by atoms with van der Waals surface area (Å²) in [4.78, 5) is 3.72. The van der Waals surface area contributed by atoms with Crippen molar-refractivity contribution in [1.29, 1.82) is 0 Å². The largest absolute Gasteiger partial charge is 0.296 e. The molecular weight excluding hydrogens is 238 g/mol. The normalized spacial score (nSPS) is 11.0. The van der Waals surface area contributed by atoms with Gasteiger partial charge in [-0.15, -0.1) is 12.4 Å². The lowest BCUT2D eigenvalue weighted by Gasteiger charge is -1.98. The van der Waals surface area contributed by atoms with E-state index in [9.17, 15) is 8.42 Å². The van der Waals surface area contributed by atoms with E-state index in [0.717, 1.165) is 6.20 Å². The number of hydrogen-bond donors (Lipinski definition) is 1. The zero-order chi connectivity index (χ0) is 10.2. The Kier molecular flexibility index (Phi) is 3.28. The zero-order valence-corrected chi connectivity index (χ0v) is 9.12. The van der Waals surface area contributed by atoms with Crippen LogP contribution < -0.4 is 0 Å². The molecule has 1 aromatic carbocycles. The molecule has 0 bridgehead atoms. The summed E-state index contributed by atoms with van der Waals surface area (Å²) in [6.45, 7) is 0. The molecule has 2 aromatic rings. The van der Waals surface area contributed by atoms with E-state index >= 15 is 0 Å². The van der Waals surface area contributed by atoms with Crippen molar-refractivity contribution in [2.75, 3.05) is 0 Å². The maximum absolute atomic E-state index is 10.8. The van der Waals surface area contributed by atoms with Gasteiger partial charge < -0.3 is 0 Å². The van der Waals surface area contributed by atoms with Gasteiger partial charge in [-0.05, 0) is 12.1 Å². The molecule has 80 valence electrons. The highest BCUT2D eigenvalue weighted by Crippen LogP contribution is 2.15. The van der Waals surface area contributed by atoms with Gasteiger partial charge in [-0.1, -0.05) is 18.2 Å². The van der Waals surface area contributed by atoms with E-state index in [-0.39, 0.29) is 17.3 Å². The third-order valence-corrected chi connectivity index (χ3v) is 2.68. The van der Waals surface area contributed by atoms with E-state index in [1.807, 2.05) is 6.07 Å². The highest BCUT2D eigenvalue weighted by atomic mass is 35.5. The van der Waals surface area contributed by atoms with E-state index < -0.39 is 10.1 Å². The smallest absolute Gasteiger partial charge is 0.282 e. The molecule has 6 heteroatoms. The number of nitrogens with zero attached hydrogens (tertiary/aromatic N) is 1. The van der Waals surface area contributed by atoms with Crippen LogP contribution in [0.5, 0.6) is 0 Å². The highest BCUT2D eigenvalue weighted by Gasteiger charge is 2.09. The van der Waals surface area contributed by atoms with Crippen molar-refractivity contribution in [2.24, 2.45) is 0 Å². The molecule has 1 heterocycles. The highest BCUT2D eigenvalue weighted by molar-refractivity contribution is 7.85. The van der Waals surface area contributed by atoms with Gasteiger partial charge in [-0.3, -0.25) is 9.54 Å². The fourth-order valence-electron chi connectivity index (χ4n) is 1.19. The summed E-state index contributed by atoms with van der Waals surface area (Å²) in [6.07, 6.45) is 1.14. The van der Waals surface area contributed by atoms with Gasteiger partial charge in [0.15, 0.2) is 0 Å². The van der Waals surface area contributed by atoms with Crippen molar-refractivity contribution in [2.45, 2.75) is 4.90 Å². The number of benzene rings is 1. The molecule has 0 fully saturated rings. The quantitative estimate of drug-likeness (QED) is 0.780. The SMILES string of the molecule is Cl.O=S(=O)(O)c1cnc2ccccc2c1. The van der Waals surface area contributed by atoms with Crippen LogP contribution in [-0.2, 0) is 10.1 Å². The van der Waals surface area contributed by atoms with Crippen LogP contribution in [0.3, 0.4) is 0 Å². The summed E-state index contributed by atoms with van der Waals surface area (Å²) in [5.41, 5.74) is 0.694. The third-order valence-electron chi connectivity index (χ3n) is 1.86. The molecule has 2 rings (SSSR count). The second-order valence-corrected chi connectivity index (χ2v) is 4.26. The molecule has 0 aliphatic heterocycles. The maximum Gasteiger partial charge on any atom is 0.296 e. The molecule has 0 atom stereocenters. The molecule has 0 radical (unpaired) electrons. The average Bonchev–Trinajstić information content (AvgIpc) is 2.16. The van der Waals surface area contributed by atoms with Gasteiger partial charge in [0.2, 0.25) is 0 Å². The zero-order valence-electron chi connectivity index (χ0n) is 7.49. The lowest BCUT2D eigenvalue weighted by atomic mass is 10.2. The number of pyridine rings is 1. The van der Waals surface area contributed by atoms with Crippen molar-refractivity contribution in [3.63, 3.8) is 0 Å². The van der Waals surface area contributed by atoms with Crippen LogP contribution in [-0.4, -0.2) is 18.0 Å². The van der Waals surface area contributed by atoms with Gasteiger partial charge >= 0.3 is 0 Å². The van der Waals surface area contributed by atoms with Crippen LogP contribution in [0.1, 0.15) is 0 Å². The first-order valence-electron chi connectivity index (χ1n) is 3.90. The predicted molar refractivity (Wildman–Crippen MR) is 58.8 cm³/mol. The van der Waals surface area contributed by atoms with Crippen LogP contribution in [0.4, 0.5) is 0 Å². The monoisotopic (exact) mass is 245 g/mol. The molecule has 0 spiro atoms. The van der Waals surface area contributed by atoms with E-state index in [1.54, 1.807) is 18.2 Å². The molecule has 0 aliphatic carbocycles. The standard InChI is InChI=1S/C9H7NO3S.ClH/c11-14(12,13)8-5-7-3-1-2-4-9(7)10-6-8;/h1-6H,(H,11,12,13);1H. The summed E-state index contributed by atoms with van der Waals surface area (Å²) in [5, 5.41) is 0.683. The summed E-state index contributed by atoms with van der Waals surface area (Å²) in [5.74, 6) is 0. The molecule has 4 nitrogen and oxygen atoms in total. The van der Waals surface area contributed by atoms with Gasteiger partial charge in [-0.25, -0.2) is 0 Å². The predicted octanol–water partition coefficient (Wildman–Crippen LogP) is 1.90. The summed E-state index contributed by atoms with van der Waals surface area (Å²) >= 11 is 0. The first-order valence-corrected chi connectivity index (χ1v) is 5.34.